The van der Waals surface area contributed by atoms with Crippen molar-refractivity contribution in [2.75, 3.05) is 38.5 Å². The highest BCUT2D eigenvalue weighted by atomic mass is 32.2. The molecule has 0 aliphatic carbocycles. The SMILES string of the molecule is CCCCNCCN1CCSC(CC)C1. The Morgan fingerprint density at radius 3 is 2.93 bits per heavy atom. The molecule has 1 aliphatic heterocycles. The van der Waals surface area contributed by atoms with E-state index in [0.717, 1.165) is 5.25 Å². The largest absolute Gasteiger partial charge is 0.315 e. The molecule has 0 aromatic rings. The van der Waals surface area contributed by atoms with Crippen molar-refractivity contribution in [2.45, 2.75) is 38.4 Å². The third kappa shape index (κ3) is 5.79. The minimum absolute atomic E-state index is 0.884. The molecule has 0 bridgehead atoms. The summed E-state index contributed by atoms with van der Waals surface area (Å²) in [5.41, 5.74) is 0. The smallest absolute Gasteiger partial charge is 0.0172 e. The molecule has 15 heavy (non-hydrogen) atoms. The fourth-order valence-electron chi connectivity index (χ4n) is 1.89. The molecule has 0 radical (unpaired) electrons. The van der Waals surface area contributed by atoms with Crippen molar-refractivity contribution < 1.29 is 0 Å². The molecule has 1 unspecified atom stereocenters. The summed E-state index contributed by atoms with van der Waals surface area (Å²) in [6.07, 6.45) is 3.93. The van der Waals surface area contributed by atoms with E-state index in [1.807, 2.05) is 0 Å². The highest BCUT2D eigenvalue weighted by Gasteiger charge is 2.17. The fourth-order valence-corrected chi connectivity index (χ4v) is 3.14. The molecule has 0 aromatic heterocycles. The monoisotopic (exact) mass is 230 g/mol. The Bertz CT molecular complexity index is 153. The predicted molar refractivity (Wildman–Crippen MR) is 70.8 cm³/mol. The van der Waals surface area contributed by atoms with Gasteiger partial charge in [-0.1, -0.05) is 20.3 Å². The summed E-state index contributed by atoms with van der Waals surface area (Å²) in [4.78, 5) is 2.61. The first-order valence-electron chi connectivity index (χ1n) is 6.41. The molecule has 1 saturated heterocycles. The molecule has 1 atom stereocenters. The second kappa shape index (κ2) is 8.43. The van der Waals surface area contributed by atoms with Crippen molar-refractivity contribution in [3.05, 3.63) is 0 Å². The molecule has 1 fully saturated rings. The molecule has 1 aliphatic rings. The van der Waals surface area contributed by atoms with Crippen molar-refractivity contribution in [3.8, 4) is 0 Å². The summed E-state index contributed by atoms with van der Waals surface area (Å²) in [5, 5.41) is 4.40. The van der Waals surface area contributed by atoms with Gasteiger partial charge in [0.2, 0.25) is 0 Å². The molecule has 1 heterocycles. The van der Waals surface area contributed by atoms with Crippen LogP contribution in [-0.4, -0.2) is 48.6 Å². The van der Waals surface area contributed by atoms with Gasteiger partial charge in [-0.15, -0.1) is 0 Å². The summed E-state index contributed by atoms with van der Waals surface area (Å²) in [5.74, 6) is 1.33. The maximum absolute atomic E-state index is 3.52. The topological polar surface area (TPSA) is 15.3 Å². The Morgan fingerprint density at radius 1 is 1.33 bits per heavy atom. The van der Waals surface area contributed by atoms with Gasteiger partial charge in [-0.3, -0.25) is 0 Å². The van der Waals surface area contributed by atoms with Crippen LogP contribution in [0.15, 0.2) is 0 Å². The van der Waals surface area contributed by atoms with Gasteiger partial charge in [0.1, 0.15) is 0 Å². The van der Waals surface area contributed by atoms with E-state index in [1.165, 1.54) is 57.7 Å². The third-order valence-corrected chi connectivity index (χ3v) is 4.36. The normalized spacial score (nSPS) is 23.2. The van der Waals surface area contributed by atoms with E-state index in [2.05, 4.69) is 35.8 Å². The molecule has 3 heteroatoms. The van der Waals surface area contributed by atoms with Crippen molar-refractivity contribution in [2.24, 2.45) is 0 Å². The molecule has 0 saturated carbocycles. The van der Waals surface area contributed by atoms with E-state index < -0.39 is 0 Å². The van der Waals surface area contributed by atoms with Gasteiger partial charge in [-0.2, -0.15) is 11.8 Å². The van der Waals surface area contributed by atoms with Gasteiger partial charge in [0.05, 0.1) is 0 Å². The van der Waals surface area contributed by atoms with Gasteiger partial charge in [0.25, 0.3) is 0 Å². The van der Waals surface area contributed by atoms with Crippen LogP contribution in [0.4, 0.5) is 0 Å². The first-order chi connectivity index (χ1) is 7.36. The Balaban J connectivity index is 2.00. The average Bonchev–Trinajstić information content (AvgIpc) is 2.29. The molecule has 0 amide bonds. The number of nitrogens with zero attached hydrogens (tertiary/aromatic N) is 1. The molecule has 2 nitrogen and oxygen atoms in total. The van der Waals surface area contributed by atoms with Crippen LogP contribution in [0.3, 0.4) is 0 Å². The van der Waals surface area contributed by atoms with E-state index in [0.29, 0.717) is 0 Å². The lowest BCUT2D eigenvalue weighted by atomic mass is 10.3. The summed E-state index contributed by atoms with van der Waals surface area (Å²) in [6, 6.07) is 0. The van der Waals surface area contributed by atoms with E-state index in [1.54, 1.807) is 0 Å². The molecule has 0 aromatic carbocycles. The Kier molecular flexibility index (Phi) is 7.49. The maximum Gasteiger partial charge on any atom is 0.0172 e. The fraction of sp³-hybridized carbons (Fsp3) is 1.00. The standard InChI is InChI=1S/C12H26N2S/c1-3-5-6-13-7-8-14-9-10-15-12(4-2)11-14/h12-13H,3-11H2,1-2H3. The van der Waals surface area contributed by atoms with E-state index in [9.17, 15) is 0 Å². The van der Waals surface area contributed by atoms with Gasteiger partial charge >= 0.3 is 0 Å². The number of hydrogen-bond acceptors (Lipinski definition) is 3. The first-order valence-corrected chi connectivity index (χ1v) is 7.46. The highest BCUT2D eigenvalue weighted by molar-refractivity contribution is 8.00. The number of rotatable bonds is 7. The predicted octanol–water partition coefficient (Wildman–Crippen LogP) is 2.20. The maximum atomic E-state index is 3.52. The van der Waals surface area contributed by atoms with E-state index in [-0.39, 0.29) is 0 Å². The Labute approximate surface area is 99.2 Å². The lowest BCUT2D eigenvalue weighted by molar-refractivity contribution is 0.280. The van der Waals surface area contributed by atoms with Crippen molar-refractivity contribution in [1.29, 1.82) is 0 Å². The van der Waals surface area contributed by atoms with Crippen molar-refractivity contribution in [1.82, 2.24) is 10.2 Å². The van der Waals surface area contributed by atoms with E-state index >= 15 is 0 Å². The molecule has 1 N–H and O–H groups in total. The molecule has 1 rings (SSSR count). The van der Waals surface area contributed by atoms with Gasteiger partial charge in [0, 0.05) is 37.2 Å². The van der Waals surface area contributed by atoms with Crippen LogP contribution in [-0.2, 0) is 0 Å². The quantitative estimate of drug-likeness (QED) is 0.675. The molecule has 90 valence electrons. The van der Waals surface area contributed by atoms with Crippen LogP contribution >= 0.6 is 11.8 Å². The van der Waals surface area contributed by atoms with Crippen LogP contribution in [0.5, 0.6) is 0 Å². The summed E-state index contributed by atoms with van der Waals surface area (Å²) in [7, 11) is 0. The van der Waals surface area contributed by atoms with Crippen LogP contribution in [0.25, 0.3) is 0 Å². The van der Waals surface area contributed by atoms with Crippen LogP contribution in [0.2, 0.25) is 0 Å². The van der Waals surface area contributed by atoms with Gasteiger partial charge in [-0.25, -0.2) is 0 Å². The molecular formula is C12H26N2S. The number of thioether (sulfide) groups is 1. The summed E-state index contributed by atoms with van der Waals surface area (Å²) < 4.78 is 0. The minimum atomic E-state index is 0.884. The second-order valence-corrected chi connectivity index (χ2v) is 5.71. The van der Waals surface area contributed by atoms with Crippen LogP contribution < -0.4 is 5.32 Å². The van der Waals surface area contributed by atoms with Crippen LogP contribution in [0, 0.1) is 0 Å². The lowest BCUT2D eigenvalue weighted by Crippen LogP contribution is -2.41. The second-order valence-electron chi connectivity index (χ2n) is 4.31. The van der Waals surface area contributed by atoms with Crippen molar-refractivity contribution in [3.63, 3.8) is 0 Å². The summed E-state index contributed by atoms with van der Waals surface area (Å²) in [6.45, 7) is 10.7. The first kappa shape index (κ1) is 13.3. The van der Waals surface area contributed by atoms with Crippen molar-refractivity contribution >= 4 is 11.8 Å². The zero-order valence-corrected chi connectivity index (χ0v) is 11.1. The van der Waals surface area contributed by atoms with Crippen LogP contribution in [0.1, 0.15) is 33.1 Å². The average molecular weight is 230 g/mol. The minimum Gasteiger partial charge on any atom is -0.315 e. The third-order valence-electron chi connectivity index (χ3n) is 2.99. The van der Waals surface area contributed by atoms with Gasteiger partial charge in [0.15, 0.2) is 0 Å². The highest BCUT2D eigenvalue weighted by Crippen LogP contribution is 2.20. The number of hydrogen-bond donors (Lipinski definition) is 1. The van der Waals surface area contributed by atoms with Gasteiger partial charge in [-0.05, 0) is 19.4 Å². The number of nitrogens with one attached hydrogen (secondary N) is 1. The van der Waals surface area contributed by atoms with E-state index in [4.69, 9.17) is 0 Å². The summed E-state index contributed by atoms with van der Waals surface area (Å²) >= 11 is 2.15. The van der Waals surface area contributed by atoms with Gasteiger partial charge < -0.3 is 10.2 Å². The Hall–Kier alpha value is 0.270. The zero-order chi connectivity index (χ0) is 10.9. The Morgan fingerprint density at radius 2 is 2.20 bits per heavy atom. The molecule has 0 spiro atoms. The lowest BCUT2D eigenvalue weighted by Gasteiger charge is -2.31. The molecular weight excluding hydrogens is 204 g/mol. The number of unbranched alkanes of at least 4 members (excludes halogenated alkanes) is 1. The zero-order valence-electron chi connectivity index (χ0n) is 10.3.